The first-order valence-electron chi connectivity index (χ1n) is 4.22. The lowest BCUT2D eigenvalue weighted by Crippen LogP contribution is -2.36. The summed E-state index contributed by atoms with van der Waals surface area (Å²) in [5, 5.41) is 0. The maximum Gasteiger partial charge on any atom is 0.216 e. The highest BCUT2D eigenvalue weighted by atomic mass is 35.5. The molecule has 4 N–H and O–H groups in total. The van der Waals surface area contributed by atoms with Crippen molar-refractivity contribution in [1.29, 1.82) is 0 Å². The fourth-order valence-corrected chi connectivity index (χ4v) is 1.04. The zero-order valence-electron chi connectivity index (χ0n) is 7.46. The average molecular weight is 207 g/mol. The van der Waals surface area contributed by atoms with Gasteiger partial charge in [-0.1, -0.05) is 6.42 Å². The first-order valence-corrected chi connectivity index (χ1v) is 4.75. The summed E-state index contributed by atoms with van der Waals surface area (Å²) >= 11 is 5.21. The van der Waals surface area contributed by atoms with Crippen LogP contribution in [0.5, 0.6) is 0 Å². The van der Waals surface area contributed by atoms with Crippen molar-refractivity contribution in [2.45, 2.75) is 25.3 Å². The third-order valence-electron chi connectivity index (χ3n) is 1.70. The van der Waals surface area contributed by atoms with Gasteiger partial charge in [0.05, 0.1) is 11.9 Å². The van der Waals surface area contributed by atoms with E-state index in [2.05, 4.69) is 0 Å². The van der Waals surface area contributed by atoms with E-state index in [4.69, 9.17) is 23.1 Å². The lowest BCUT2D eigenvalue weighted by atomic mass is 10.0. The molecule has 0 aliphatic carbocycles. The Balaban J connectivity index is 3.76. The molecule has 0 aliphatic rings. The molecule has 0 aliphatic heterocycles. The molecule has 5 heteroatoms. The molecule has 0 amide bonds. The molecule has 76 valence electrons. The molecule has 0 heterocycles. The van der Waals surface area contributed by atoms with Gasteiger partial charge in [0.15, 0.2) is 0 Å². The van der Waals surface area contributed by atoms with Gasteiger partial charge in [-0.25, -0.2) is 0 Å². The number of hydrogen-bond acceptors (Lipinski definition) is 4. The predicted molar refractivity (Wildman–Crippen MR) is 51.6 cm³/mol. The van der Waals surface area contributed by atoms with E-state index in [1.165, 1.54) is 0 Å². The zero-order chi connectivity index (χ0) is 10.3. The highest BCUT2D eigenvalue weighted by molar-refractivity contribution is 6.48. The van der Waals surface area contributed by atoms with Gasteiger partial charge in [-0.2, -0.15) is 0 Å². The molecule has 1 atom stereocenters. The van der Waals surface area contributed by atoms with E-state index in [9.17, 15) is 9.59 Å². The van der Waals surface area contributed by atoms with Gasteiger partial charge in [-0.05, 0) is 19.4 Å². The molecule has 0 spiro atoms. The lowest BCUT2D eigenvalue weighted by Gasteiger charge is -2.07. The van der Waals surface area contributed by atoms with Gasteiger partial charge in [-0.3, -0.25) is 9.59 Å². The SMILES string of the molecule is NCCCC[C@H](N)C(=O)C(=O)CCl. The van der Waals surface area contributed by atoms with E-state index in [1.54, 1.807) is 0 Å². The molecular formula is C8H15ClN2O2. The first kappa shape index (κ1) is 12.6. The minimum atomic E-state index is -0.710. The number of nitrogens with two attached hydrogens (primary N) is 2. The average Bonchev–Trinajstić information content (AvgIpc) is 2.15. The Hall–Kier alpha value is -0.450. The Morgan fingerprint density at radius 1 is 1.31 bits per heavy atom. The van der Waals surface area contributed by atoms with E-state index >= 15 is 0 Å². The number of unbranched alkanes of at least 4 members (excludes halogenated alkanes) is 1. The summed E-state index contributed by atoms with van der Waals surface area (Å²) in [6.07, 6.45) is 2.08. The first-order chi connectivity index (χ1) is 6.13. The summed E-state index contributed by atoms with van der Waals surface area (Å²) in [5.74, 6) is -1.47. The summed E-state index contributed by atoms with van der Waals surface area (Å²) < 4.78 is 0. The lowest BCUT2D eigenvalue weighted by molar-refractivity contribution is -0.136. The van der Waals surface area contributed by atoms with Crippen molar-refractivity contribution in [2.75, 3.05) is 12.4 Å². The van der Waals surface area contributed by atoms with Crippen LogP contribution in [-0.4, -0.2) is 30.0 Å². The minimum Gasteiger partial charge on any atom is -0.330 e. The van der Waals surface area contributed by atoms with Crippen LogP contribution in [0.25, 0.3) is 0 Å². The molecule has 0 aromatic rings. The molecule has 0 aromatic heterocycles. The number of rotatable bonds is 7. The summed E-state index contributed by atoms with van der Waals surface area (Å²) in [6, 6.07) is -0.710. The van der Waals surface area contributed by atoms with Gasteiger partial charge >= 0.3 is 0 Å². The minimum absolute atomic E-state index is 0.288. The third-order valence-corrected chi connectivity index (χ3v) is 1.94. The van der Waals surface area contributed by atoms with E-state index in [0.29, 0.717) is 13.0 Å². The Morgan fingerprint density at radius 2 is 1.92 bits per heavy atom. The molecule has 0 radical (unpaired) electrons. The molecular weight excluding hydrogens is 192 g/mol. The highest BCUT2D eigenvalue weighted by Gasteiger charge is 2.19. The Labute approximate surface area is 82.6 Å². The maximum atomic E-state index is 11.1. The fraction of sp³-hybridized carbons (Fsp3) is 0.750. The van der Waals surface area contributed by atoms with Crippen LogP contribution >= 0.6 is 11.6 Å². The maximum absolute atomic E-state index is 11.1. The van der Waals surface area contributed by atoms with Crippen molar-refractivity contribution >= 4 is 23.2 Å². The molecule has 0 unspecified atom stereocenters. The summed E-state index contributed by atoms with van der Waals surface area (Å²) in [4.78, 5) is 21.9. The van der Waals surface area contributed by atoms with E-state index in [-0.39, 0.29) is 5.88 Å². The molecule has 0 fully saturated rings. The van der Waals surface area contributed by atoms with E-state index in [1.807, 2.05) is 0 Å². The molecule has 0 saturated heterocycles. The van der Waals surface area contributed by atoms with Crippen molar-refractivity contribution in [2.24, 2.45) is 11.5 Å². The second-order valence-electron chi connectivity index (χ2n) is 2.81. The number of hydrogen-bond donors (Lipinski definition) is 2. The van der Waals surface area contributed by atoms with Gasteiger partial charge in [0.2, 0.25) is 11.6 Å². The van der Waals surface area contributed by atoms with Gasteiger partial charge in [0.1, 0.15) is 0 Å². The van der Waals surface area contributed by atoms with Crippen LogP contribution in [0, 0.1) is 0 Å². The van der Waals surface area contributed by atoms with Crippen LogP contribution in [0.4, 0.5) is 0 Å². The van der Waals surface area contributed by atoms with Crippen LogP contribution in [0.15, 0.2) is 0 Å². The number of carbonyl (C=O) groups is 2. The number of carbonyl (C=O) groups excluding carboxylic acids is 2. The second kappa shape index (κ2) is 7.00. The fourth-order valence-electron chi connectivity index (χ4n) is 0.912. The molecule has 0 rings (SSSR count). The van der Waals surface area contributed by atoms with Crippen LogP contribution in [0.2, 0.25) is 0 Å². The van der Waals surface area contributed by atoms with Crippen LogP contribution < -0.4 is 11.5 Å². The van der Waals surface area contributed by atoms with Crippen LogP contribution in [0.3, 0.4) is 0 Å². The molecule has 0 aromatic carbocycles. The Kier molecular flexibility index (Phi) is 6.76. The van der Waals surface area contributed by atoms with Crippen molar-refractivity contribution < 1.29 is 9.59 Å². The molecule has 13 heavy (non-hydrogen) atoms. The highest BCUT2D eigenvalue weighted by Crippen LogP contribution is 2.00. The number of alkyl halides is 1. The van der Waals surface area contributed by atoms with Gasteiger partial charge in [-0.15, -0.1) is 11.6 Å². The summed E-state index contributed by atoms with van der Waals surface area (Å²) in [6.45, 7) is 0.574. The number of ketones is 2. The second-order valence-corrected chi connectivity index (χ2v) is 3.08. The van der Waals surface area contributed by atoms with Crippen LogP contribution in [-0.2, 0) is 9.59 Å². The molecule has 4 nitrogen and oxygen atoms in total. The summed E-state index contributed by atoms with van der Waals surface area (Å²) in [7, 11) is 0. The zero-order valence-corrected chi connectivity index (χ0v) is 8.22. The Bertz CT molecular complexity index is 185. The smallest absolute Gasteiger partial charge is 0.216 e. The topological polar surface area (TPSA) is 86.2 Å². The number of halogens is 1. The third kappa shape index (κ3) is 4.98. The van der Waals surface area contributed by atoms with E-state index < -0.39 is 17.6 Å². The van der Waals surface area contributed by atoms with Crippen molar-refractivity contribution in [3.63, 3.8) is 0 Å². The monoisotopic (exact) mass is 206 g/mol. The molecule has 0 saturated carbocycles. The van der Waals surface area contributed by atoms with Crippen molar-refractivity contribution in [3.8, 4) is 0 Å². The van der Waals surface area contributed by atoms with Crippen LogP contribution in [0.1, 0.15) is 19.3 Å². The quantitative estimate of drug-likeness (QED) is 0.344. The van der Waals surface area contributed by atoms with Gasteiger partial charge < -0.3 is 11.5 Å². The van der Waals surface area contributed by atoms with Gasteiger partial charge in [0.25, 0.3) is 0 Å². The van der Waals surface area contributed by atoms with Crippen molar-refractivity contribution in [1.82, 2.24) is 0 Å². The summed E-state index contributed by atoms with van der Waals surface area (Å²) in [5.41, 5.74) is 10.7. The molecule has 0 bridgehead atoms. The largest absolute Gasteiger partial charge is 0.330 e. The van der Waals surface area contributed by atoms with Crippen molar-refractivity contribution in [3.05, 3.63) is 0 Å². The normalized spacial score (nSPS) is 12.5. The van der Waals surface area contributed by atoms with Gasteiger partial charge in [0, 0.05) is 0 Å². The van der Waals surface area contributed by atoms with E-state index in [0.717, 1.165) is 12.8 Å². The number of Topliss-reactive ketones (excluding diaryl/α,β-unsaturated/α-hetero) is 2. The standard InChI is InChI=1S/C8H15ClN2O2/c9-5-7(12)8(13)6(11)3-1-2-4-10/h6H,1-5,10-11H2/t6-/m0/s1. The predicted octanol–water partition coefficient (Wildman–Crippen LogP) is -0.180. The Morgan fingerprint density at radius 3 is 2.38 bits per heavy atom.